The summed E-state index contributed by atoms with van der Waals surface area (Å²) in [5.74, 6) is -3.02. The van der Waals surface area contributed by atoms with Gasteiger partial charge >= 0.3 is 12.1 Å². The molecule has 1 saturated heterocycles. The van der Waals surface area contributed by atoms with E-state index in [-0.39, 0.29) is 23.1 Å². The molecule has 0 aromatic carbocycles. The van der Waals surface area contributed by atoms with Crippen molar-refractivity contribution in [3.05, 3.63) is 52.6 Å². The summed E-state index contributed by atoms with van der Waals surface area (Å²) in [6, 6.07) is 6.91. The molecule has 0 bridgehead atoms. The minimum Gasteiger partial charge on any atom is -0.475 e. The highest BCUT2D eigenvalue weighted by Gasteiger charge is 2.38. The van der Waals surface area contributed by atoms with Gasteiger partial charge in [0, 0.05) is 42.8 Å². The number of likely N-dealkylation sites (tertiary alicyclic amines) is 1. The lowest BCUT2D eigenvalue weighted by Crippen LogP contribution is -2.35. The van der Waals surface area contributed by atoms with Crippen molar-refractivity contribution in [2.75, 3.05) is 13.1 Å². The van der Waals surface area contributed by atoms with Crippen LogP contribution in [0.4, 0.5) is 13.2 Å². The SMILES string of the molecule is N[C@H]1CCN(C(=O)c2ccc(-c3ccncc3)[nH]c2=O)C1.O=C(O)C(F)(F)F. The summed E-state index contributed by atoms with van der Waals surface area (Å²) in [4.78, 5) is 41.6. The van der Waals surface area contributed by atoms with E-state index < -0.39 is 12.1 Å². The van der Waals surface area contributed by atoms with Crippen LogP contribution < -0.4 is 11.3 Å². The van der Waals surface area contributed by atoms with Crippen LogP contribution in [0.1, 0.15) is 16.8 Å². The first-order valence-corrected chi connectivity index (χ1v) is 8.08. The monoisotopic (exact) mass is 398 g/mol. The molecule has 0 unspecified atom stereocenters. The van der Waals surface area contributed by atoms with E-state index in [0.29, 0.717) is 18.8 Å². The van der Waals surface area contributed by atoms with Gasteiger partial charge in [0.2, 0.25) is 0 Å². The molecule has 28 heavy (non-hydrogen) atoms. The highest BCUT2D eigenvalue weighted by Crippen LogP contribution is 2.15. The Morgan fingerprint density at radius 3 is 2.29 bits per heavy atom. The van der Waals surface area contributed by atoms with Crippen LogP contribution in [0.2, 0.25) is 0 Å². The fourth-order valence-corrected chi connectivity index (χ4v) is 2.48. The summed E-state index contributed by atoms with van der Waals surface area (Å²) < 4.78 is 31.7. The number of pyridine rings is 2. The number of aliphatic carboxylic acids is 1. The molecule has 3 heterocycles. The van der Waals surface area contributed by atoms with Crippen LogP contribution in [0.3, 0.4) is 0 Å². The summed E-state index contributed by atoms with van der Waals surface area (Å²) in [5, 5.41) is 7.12. The van der Waals surface area contributed by atoms with Gasteiger partial charge in [-0.3, -0.25) is 14.6 Å². The fraction of sp³-hybridized carbons (Fsp3) is 0.294. The van der Waals surface area contributed by atoms with Gasteiger partial charge in [0.05, 0.1) is 0 Å². The number of H-pyrrole nitrogens is 1. The van der Waals surface area contributed by atoms with Gasteiger partial charge in [-0.1, -0.05) is 0 Å². The molecular formula is C17H17F3N4O4. The van der Waals surface area contributed by atoms with Gasteiger partial charge in [-0.15, -0.1) is 0 Å². The number of aromatic amines is 1. The number of carbonyl (C=O) groups excluding carboxylic acids is 1. The largest absolute Gasteiger partial charge is 0.490 e. The van der Waals surface area contributed by atoms with Gasteiger partial charge in [0.1, 0.15) is 5.56 Å². The number of rotatable bonds is 2. The second-order valence-electron chi connectivity index (χ2n) is 5.95. The van der Waals surface area contributed by atoms with E-state index in [0.717, 1.165) is 12.0 Å². The second kappa shape index (κ2) is 8.65. The summed E-state index contributed by atoms with van der Waals surface area (Å²) >= 11 is 0. The number of amides is 1. The zero-order valence-electron chi connectivity index (χ0n) is 14.4. The highest BCUT2D eigenvalue weighted by molar-refractivity contribution is 5.94. The zero-order chi connectivity index (χ0) is 20.9. The number of nitrogens with two attached hydrogens (primary N) is 1. The first kappa shape index (κ1) is 21.1. The lowest BCUT2D eigenvalue weighted by Gasteiger charge is -2.15. The van der Waals surface area contributed by atoms with Crippen LogP contribution in [-0.2, 0) is 4.79 Å². The summed E-state index contributed by atoms with van der Waals surface area (Å²) in [5.41, 5.74) is 7.08. The van der Waals surface area contributed by atoms with Crippen molar-refractivity contribution < 1.29 is 27.9 Å². The van der Waals surface area contributed by atoms with Crippen molar-refractivity contribution in [1.29, 1.82) is 0 Å². The Morgan fingerprint density at radius 2 is 1.82 bits per heavy atom. The molecule has 2 aromatic rings. The lowest BCUT2D eigenvalue weighted by atomic mass is 10.1. The number of halogens is 3. The third-order valence-corrected chi connectivity index (χ3v) is 3.89. The molecule has 11 heteroatoms. The molecule has 3 rings (SSSR count). The smallest absolute Gasteiger partial charge is 0.475 e. The number of hydrogen-bond acceptors (Lipinski definition) is 5. The Morgan fingerprint density at radius 1 is 1.21 bits per heavy atom. The van der Waals surface area contributed by atoms with E-state index >= 15 is 0 Å². The average molecular weight is 398 g/mol. The lowest BCUT2D eigenvalue weighted by molar-refractivity contribution is -0.192. The summed E-state index contributed by atoms with van der Waals surface area (Å²) in [7, 11) is 0. The van der Waals surface area contributed by atoms with E-state index in [2.05, 4.69) is 9.97 Å². The van der Waals surface area contributed by atoms with E-state index in [1.54, 1.807) is 41.6 Å². The van der Waals surface area contributed by atoms with Crippen molar-refractivity contribution >= 4 is 11.9 Å². The number of nitrogens with zero attached hydrogens (tertiary/aromatic N) is 2. The van der Waals surface area contributed by atoms with Crippen LogP contribution in [0, 0.1) is 0 Å². The van der Waals surface area contributed by atoms with Crippen molar-refractivity contribution in [3.8, 4) is 11.3 Å². The molecule has 1 amide bonds. The molecule has 0 spiro atoms. The predicted molar refractivity (Wildman–Crippen MR) is 92.5 cm³/mol. The van der Waals surface area contributed by atoms with Gasteiger partial charge in [0.15, 0.2) is 0 Å². The Kier molecular flexibility index (Phi) is 6.52. The van der Waals surface area contributed by atoms with Gasteiger partial charge in [-0.2, -0.15) is 13.2 Å². The average Bonchev–Trinajstić information content (AvgIpc) is 3.08. The molecule has 4 N–H and O–H groups in total. The second-order valence-corrected chi connectivity index (χ2v) is 5.95. The van der Waals surface area contributed by atoms with Crippen molar-refractivity contribution in [1.82, 2.24) is 14.9 Å². The molecule has 1 fully saturated rings. The van der Waals surface area contributed by atoms with E-state index in [9.17, 15) is 22.8 Å². The number of carboxylic acid groups (broad SMARTS) is 1. The number of alkyl halides is 3. The van der Waals surface area contributed by atoms with Crippen molar-refractivity contribution in [2.24, 2.45) is 5.73 Å². The topological polar surface area (TPSA) is 129 Å². The first-order chi connectivity index (χ1) is 13.1. The third-order valence-electron chi connectivity index (χ3n) is 3.89. The summed E-state index contributed by atoms with van der Waals surface area (Å²) in [6.07, 6.45) is -1.00. The first-order valence-electron chi connectivity index (χ1n) is 8.08. The highest BCUT2D eigenvalue weighted by atomic mass is 19.4. The van der Waals surface area contributed by atoms with Crippen molar-refractivity contribution in [3.63, 3.8) is 0 Å². The van der Waals surface area contributed by atoms with Crippen LogP contribution in [0.25, 0.3) is 11.3 Å². The maximum atomic E-state index is 12.3. The molecule has 1 aliphatic heterocycles. The maximum absolute atomic E-state index is 12.3. The molecule has 1 atom stereocenters. The van der Waals surface area contributed by atoms with Gasteiger partial charge < -0.3 is 20.7 Å². The van der Waals surface area contributed by atoms with Crippen LogP contribution in [0.5, 0.6) is 0 Å². The van der Waals surface area contributed by atoms with Gasteiger partial charge in [-0.05, 0) is 30.7 Å². The van der Waals surface area contributed by atoms with E-state index in [1.807, 2.05) is 0 Å². The fourth-order valence-electron chi connectivity index (χ4n) is 2.48. The number of carbonyl (C=O) groups is 2. The normalized spacial score (nSPS) is 16.3. The summed E-state index contributed by atoms with van der Waals surface area (Å²) in [6.45, 7) is 1.11. The predicted octanol–water partition coefficient (Wildman–Crippen LogP) is 1.24. The molecule has 2 aromatic heterocycles. The Balaban J connectivity index is 0.000000345. The Labute approximate surface area is 156 Å². The molecule has 0 aliphatic carbocycles. The van der Waals surface area contributed by atoms with Crippen LogP contribution >= 0.6 is 0 Å². The van der Waals surface area contributed by atoms with Crippen molar-refractivity contribution in [2.45, 2.75) is 18.6 Å². The van der Waals surface area contributed by atoms with E-state index in [4.69, 9.17) is 15.6 Å². The third kappa shape index (κ3) is 5.39. The number of hydrogen-bond donors (Lipinski definition) is 3. The maximum Gasteiger partial charge on any atom is 0.490 e. The molecule has 150 valence electrons. The molecular weight excluding hydrogens is 381 g/mol. The molecule has 0 saturated carbocycles. The molecule has 1 aliphatic rings. The minimum atomic E-state index is -5.08. The van der Waals surface area contributed by atoms with Gasteiger partial charge in [-0.25, -0.2) is 4.79 Å². The quantitative estimate of drug-likeness (QED) is 0.698. The van der Waals surface area contributed by atoms with Gasteiger partial charge in [0.25, 0.3) is 11.5 Å². The van der Waals surface area contributed by atoms with E-state index in [1.165, 1.54) is 0 Å². The van der Waals surface area contributed by atoms with Crippen LogP contribution in [-0.4, -0.2) is 57.2 Å². The zero-order valence-corrected chi connectivity index (χ0v) is 14.4. The number of nitrogens with one attached hydrogen (secondary N) is 1. The molecule has 0 radical (unpaired) electrons. The minimum absolute atomic E-state index is 0.00382. The number of aromatic nitrogens is 2. The Bertz CT molecular complexity index is 899. The van der Waals surface area contributed by atoms with Crippen LogP contribution in [0.15, 0.2) is 41.5 Å². The Hall–Kier alpha value is -3.21. The molecule has 8 nitrogen and oxygen atoms in total. The number of carboxylic acids is 1. The standard InChI is InChI=1S/C15H16N4O2.C2HF3O2/c16-11-5-8-19(9-11)15(21)12-1-2-13(18-14(12)20)10-3-6-17-7-4-10;3-2(4,5)1(6)7/h1-4,6-7,11H,5,8-9,16H2,(H,18,20);(H,6,7)/t11-;/m0./s1.